The zero-order valence-corrected chi connectivity index (χ0v) is 12.0. The lowest BCUT2D eigenvalue weighted by Crippen LogP contribution is -2.24. The number of hydrogen-bond donors (Lipinski definition) is 1. The third-order valence-electron chi connectivity index (χ3n) is 4.38. The van der Waals surface area contributed by atoms with E-state index in [1.54, 1.807) is 0 Å². The summed E-state index contributed by atoms with van der Waals surface area (Å²) < 4.78 is 2.15. The first-order chi connectivity index (χ1) is 8.58. The first kappa shape index (κ1) is 12.1. The van der Waals surface area contributed by atoms with Gasteiger partial charge in [0.25, 0.3) is 0 Å². The summed E-state index contributed by atoms with van der Waals surface area (Å²) in [6, 6.07) is 1.16. The number of anilines is 1. The summed E-state index contributed by atoms with van der Waals surface area (Å²) in [6.07, 6.45) is 5.68. The van der Waals surface area contributed by atoms with Crippen LogP contribution < -0.4 is 5.32 Å². The molecule has 0 spiro atoms. The lowest BCUT2D eigenvalue weighted by Gasteiger charge is -2.19. The van der Waals surface area contributed by atoms with Gasteiger partial charge in [0.05, 0.1) is 17.1 Å². The highest BCUT2D eigenvalue weighted by atomic mass is 15.3. The fourth-order valence-corrected chi connectivity index (χ4v) is 3.07. The Labute approximate surface area is 110 Å². The van der Waals surface area contributed by atoms with Crippen LogP contribution in [0, 0.1) is 25.7 Å². The van der Waals surface area contributed by atoms with Crippen molar-refractivity contribution in [3.8, 4) is 0 Å². The second-order valence-electron chi connectivity index (χ2n) is 6.43. The highest BCUT2D eigenvalue weighted by molar-refractivity contribution is 5.53. The summed E-state index contributed by atoms with van der Waals surface area (Å²) in [5.74, 6) is 1.86. The molecule has 18 heavy (non-hydrogen) atoms. The average molecular weight is 247 g/mol. The zero-order chi connectivity index (χ0) is 12.9. The molecule has 2 aliphatic carbocycles. The first-order valence-corrected chi connectivity index (χ1v) is 7.40. The number of hydrogen-bond acceptors (Lipinski definition) is 2. The highest BCUT2D eigenvalue weighted by Crippen LogP contribution is 2.46. The van der Waals surface area contributed by atoms with Gasteiger partial charge in [-0.1, -0.05) is 0 Å². The Hall–Kier alpha value is -0.990. The smallest absolute Gasteiger partial charge is 0.0828 e. The van der Waals surface area contributed by atoms with Gasteiger partial charge in [0.15, 0.2) is 0 Å². The summed E-state index contributed by atoms with van der Waals surface area (Å²) in [6.45, 7) is 8.72. The van der Waals surface area contributed by atoms with Crippen molar-refractivity contribution >= 4 is 5.69 Å². The number of nitrogens with one attached hydrogen (secondary N) is 1. The SMILES string of the molecule is Cc1nn(C(C)C)c(C)c1NC(C1CC1)C1CC1. The zero-order valence-electron chi connectivity index (χ0n) is 12.0. The van der Waals surface area contributed by atoms with Gasteiger partial charge in [-0.2, -0.15) is 5.10 Å². The normalized spacial score (nSPS) is 19.9. The average Bonchev–Trinajstić information content (AvgIpc) is 3.18. The molecule has 2 saturated carbocycles. The molecule has 0 aromatic carbocycles. The Balaban J connectivity index is 1.82. The molecule has 1 aromatic rings. The third-order valence-corrected chi connectivity index (χ3v) is 4.38. The number of rotatable bonds is 5. The van der Waals surface area contributed by atoms with Gasteiger partial charge >= 0.3 is 0 Å². The summed E-state index contributed by atoms with van der Waals surface area (Å²) in [5.41, 5.74) is 3.76. The van der Waals surface area contributed by atoms with Crippen molar-refractivity contribution in [3.63, 3.8) is 0 Å². The van der Waals surface area contributed by atoms with E-state index < -0.39 is 0 Å². The van der Waals surface area contributed by atoms with Crippen molar-refractivity contribution in [2.75, 3.05) is 5.32 Å². The second-order valence-corrected chi connectivity index (χ2v) is 6.43. The topological polar surface area (TPSA) is 29.9 Å². The van der Waals surface area contributed by atoms with E-state index in [4.69, 9.17) is 0 Å². The molecule has 0 bridgehead atoms. The van der Waals surface area contributed by atoms with E-state index in [-0.39, 0.29) is 0 Å². The minimum absolute atomic E-state index is 0.444. The van der Waals surface area contributed by atoms with Gasteiger partial charge in [0.1, 0.15) is 0 Å². The van der Waals surface area contributed by atoms with Gasteiger partial charge in [-0.05, 0) is 65.2 Å². The third kappa shape index (κ3) is 2.15. The van der Waals surface area contributed by atoms with E-state index in [0.717, 1.165) is 17.5 Å². The first-order valence-electron chi connectivity index (χ1n) is 7.40. The van der Waals surface area contributed by atoms with Crippen LogP contribution in [0.4, 0.5) is 5.69 Å². The van der Waals surface area contributed by atoms with E-state index in [1.165, 1.54) is 37.1 Å². The van der Waals surface area contributed by atoms with E-state index in [0.29, 0.717) is 12.1 Å². The highest BCUT2D eigenvalue weighted by Gasteiger charge is 2.41. The van der Waals surface area contributed by atoms with Gasteiger partial charge in [-0.15, -0.1) is 0 Å². The van der Waals surface area contributed by atoms with Crippen molar-refractivity contribution in [1.29, 1.82) is 0 Å². The number of nitrogens with zero attached hydrogens (tertiary/aromatic N) is 2. The van der Waals surface area contributed by atoms with Gasteiger partial charge in [-0.25, -0.2) is 0 Å². The predicted molar refractivity (Wildman–Crippen MR) is 74.9 cm³/mol. The molecular weight excluding hydrogens is 222 g/mol. The molecule has 0 radical (unpaired) electrons. The van der Waals surface area contributed by atoms with Crippen molar-refractivity contribution < 1.29 is 0 Å². The molecule has 3 rings (SSSR count). The standard InChI is InChI=1S/C15H25N3/c1-9(2)18-11(4)14(10(3)17-18)16-15(12-5-6-12)13-7-8-13/h9,12-13,15-16H,5-8H2,1-4H3. The summed E-state index contributed by atoms with van der Waals surface area (Å²) in [7, 11) is 0. The summed E-state index contributed by atoms with van der Waals surface area (Å²) in [4.78, 5) is 0. The molecule has 2 aliphatic rings. The fourth-order valence-electron chi connectivity index (χ4n) is 3.07. The molecule has 3 heteroatoms. The molecule has 100 valence electrons. The molecule has 1 N–H and O–H groups in total. The molecule has 1 heterocycles. The minimum atomic E-state index is 0.444. The van der Waals surface area contributed by atoms with Crippen LogP contribution in [0.15, 0.2) is 0 Å². The van der Waals surface area contributed by atoms with Crippen molar-refractivity contribution in [3.05, 3.63) is 11.4 Å². The second kappa shape index (κ2) is 4.29. The molecule has 0 amide bonds. The summed E-state index contributed by atoms with van der Waals surface area (Å²) >= 11 is 0. The largest absolute Gasteiger partial charge is 0.379 e. The maximum atomic E-state index is 4.68. The van der Waals surface area contributed by atoms with Crippen LogP contribution in [0.3, 0.4) is 0 Å². The lowest BCUT2D eigenvalue weighted by molar-refractivity contribution is 0.516. The van der Waals surface area contributed by atoms with Crippen LogP contribution in [0.1, 0.15) is 57.0 Å². The van der Waals surface area contributed by atoms with E-state index in [1.807, 2.05) is 0 Å². The Bertz CT molecular complexity index is 427. The minimum Gasteiger partial charge on any atom is -0.379 e. The van der Waals surface area contributed by atoms with Crippen LogP contribution >= 0.6 is 0 Å². The Kier molecular flexibility index (Phi) is 2.87. The molecule has 2 fully saturated rings. The summed E-state index contributed by atoms with van der Waals surface area (Å²) in [5, 5.41) is 8.51. The van der Waals surface area contributed by atoms with Crippen molar-refractivity contribution in [2.24, 2.45) is 11.8 Å². The van der Waals surface area contributed by atoms with Crippen LogP contribution in [-0.2, 0) is 0 Å². The lowest BCUT2D eigenvalue weighted by atomic mass is 10.1. The van der Waals surface area contributed by atoms with Crippen LogP contribution in [0.2, 0.25) is 0 Å². The van der Waals surface area contributed by atoms with Gasteiger partial charge in [0.2, 0.25) is 0 Å². The number of aromatic nitrogens is 2. The quantitative estimate of drug-likeness (QED) is 0.860. The van der Waals surface area contributed by atoms with Crippen LogP contribution in [0.5, 0.6) is 0 Å². The van der Waals surface area contributed by atoms with Crippen LogP contribution in [-0.4, -0.2) is 15.8 Å². The van der Waals surface area contributed by atoms with Gasteiger partial charge in [-0.3, -0.25) is 4.68 Å². The van der Waals surface area contributed by atoms with Gasteiger partial charge < -0.3 is 5.32 Å². The number of aryl methyl sites for hydroxylation is 1. The van der Waals surface area contributed by atoms with Crippen molar-refractivity contribution in [1.82, 2.24) is 9.78 Å². The Morgan fingerprint density at radius 1 is 1.11 bits per heavy atom. The molecule has 0 aliphatic heterocycles. The molecular formula is C15H25N3. The molecule has 0 atom stereocenters. The maximum absolute atomic E-state index is 4.68. The van der Waals surface area contributed by atoms with Crippen LogP contribution in [0.25, 0.3) is 0 Å². The van der Waals surface area contributed by atoms with E-state index in [2.05, 4.69) is 42.8 Å². The van der Waals surface area contributed by atoms with E-state index in [9.17, 15) is 0 Å². The molecule has 3 nitrogen and oxygen atoms in total. The van der Waals surface area contributed by atoms with E-state index >= 15 is 0 Å². The molecule has 1 aromatic heterocycles. The Morgan fingerprint density at radius 3 is 2.06 bits per heavy atom. The monoisotopic (exact) mass is 247 g/mol. The Morgan fingerprint density at radius 2 is 1.67 bits per heavy atom. The maximum Gasteiger partial charge on any atom is 0.0828 e. The fraction of sp³-hybridized carbons (Fsp3) is 0.800. The van der Waals surface area contributed by atoms with Crippen molar-refractivity contribution in [2.45, 2.75) is 65.5 Å². The predicted octanol–water partition coefficient (Wildman–Crippen LogP) is 3.68. The molecule has 0 unspecified atom stereocenters. The van der Waals surface area contributed by atoms with Gasteiger partial charge in [0, 0.05) is 12.1 Å². The molecule has 0 saturated heterocycles.